The van der Waals surface area contributed by atoms with Gasteiger partial charge >= 0.3 is 0 Å². The van der Waals surface area contributed by atoms with Gasteiger partial charge in [0.25, 0.3) is 0 Å². The molecule has 6 heteroatoms. The monoisotopic (exact) mass is 387 g/mol. The number of para-hydroxylation sites is 1. The van der Waals surface area contributed by atoms with Crippen LogP contribution in [-0.2, 0) is 6.54 Å². The SMILES string of the molecule is COc1ccc(CNc2ncnc3c(Oc4ccc(OC)cc4)cccc23)cc1. The molecule has 4 rings (SSSR count). The lowest BCUT2D eigenvalue weighted by Crippen LogP contribution is -2.03. The van der Waals surface area contributed by atoms with E-state index in [2.05, 4.69) is 15.3 Å². The molecule has 0 amide bonds. The number of aromatic nitrogens is 2. The molecule has 29 heavy (non-hydrogen) atoms. The average Bonchev–Trinajstić information content (AvgIpc) is 2.79. The Balaban J connectivity index is 1.56. The van der Waals surface area contributed by atoms with Crippen LogP contribution in [0.1, 0.15) is 5.56 Å². The largest absolute Gasteiger partial charge is 0.497 e. The highest BCUT2D eigenvalue weighted by Crippen LogP contribution is 2.31. The van der Waals surface area contributed by atoms with Crippen LogP contribution in [0.3, 0.4) is 0 Å². The van der Waals surface area contributed by atoms with Crippen LogP contribution in [0.15, 0.2) is 73.1 Å². The van der Waals surface area contributed by atoms with Crippen molar-refractivity contribution < 1.29 is 14.2 Å². The third kappa shape index (κ3) is 4.21. The Kier molecular flexibility index (Phi) is 5.42. The number of rotatable bonds is 7. The summed E-state index contributed by atoms with van der Waals surface area (Å²) in [6, 6.07) is 21.2. The van der Waals surface area contributed by atoms with Gasteiger partial charge in [-0.3, -0.25) is 0 Å². The van der Waals surface area contributed by atoms with Crippen LogP contribution in [0.5, 0.6) is 23.0 Å². The molecule has 146 valence electrons. The van der Waals surface area contributed by atoms with Gasteiger partial charge in [-0.05, 0) is 54.1 Å². The van der Waals surface area contributed by atoms with E-state index in [-0.39, 0.29) is 0 Å². The quantitative estimate of drug-likeness (QED) is 0.479. The average molecular weight is 387 g/mol. The lowest BCUT2D eigenvalue weighted by molar-refractivity contribution is 0.413. The molecule has 0 saturated carbocycles. The molecule has 1 N–H and O–H groups in total. The van der Waals surface area contributed by atoms with Crippen LogP contribution in [0.4, 0.5) is 5.82 Å². The Morgan fingerprint density at radius 3 is 2.10 bits per heavy atom. The molecule has 0 unspecified atom stereocenters. The van der Waals surface area contributed by atoms with Gasteiger partial charge in [0, 0.05) is 11.9 Å². The first-order valence-electron chi connectivity index (χ1n) is 9.19. The predicted molar refractivity (Wildman–Crippen MR) is 113 cm³/mol. The Bertz CT molecular complexity index is 1100. The molecule has 4 aromatic rings. The van der Waals surface area contributed by atoms with Gasteiger partial charge in [-0.25, -0.2) is 9.97 Å². The maximum atomic E-state index is 6.05. The van der Waals surface area contributed by atoms with Gasteiger partial charge in [0.15, 0.2) is 5.75 Å². The molecule has 3 aromatic carbocycles. The molecule has 0 atom stereocenters. The van der Waals surface area contributed by atoms with Crippen molar-refractivity contribution in [2.75, 3.05) is 19.5 Å². The normalized spacial score (nSPS) is 10.6. The van der Waals surface area contributed by atoms with Crippen molar-refractivity contribution in [3.63, 3.8) is 0 Å². The first-order valence-corrected chi connectivity index (χ1v) is 9.19. The van der Waals surface area contributed by atoms with Crippen molar-refractivity contribution in [1.82, 2.24) is 9.97 Å². The minimum Gasteiger partial charge on any atom is -0.497 e. The van der Waals surface area contributed by atoms with E-state index in [0.29, 0.717) is 18.0 Å². The number of methoxy groups -OCH3 is 2. The maximum Gasteiger partial charge on any atom is 0.153 e. The zero-order chi connectivity index (χ0) is 20.1. The van der Waals surface area contributed by atoms with E-state index in [1.54, 1.807) is 20.5 Å². The van der Waals surface area contributed by atoms with Gasteiger partial charge in [-0.1, -0.05) is 18.2 Å². The first kappa shape index (κ1) is 18.6. The number of ether oxygens (including phenoxy) is 3. The molecule has 0 aliphatic rings. The number of hydrogen-bond acceptors (Lipinski definition) is 6. The zero-order valence-electron chi connectivity index (χ0n) is 16.3. The fraction of sp³-hybridized carbons (Fsp3) is 0.130. The first-order chi connectivity index (χ1) is 14.3. The summed E-state index contributed by atoms with van der Waals surface area (Å²) < 4.78 is 16.4. The zero-order valence-corrected chi connectivity index (χ0v) is 16.3. The highest BCUT2D eigenvalue weighted by molar-refractivity contribution is 5.93. The number of fused-ring (bicyclic) bond motifs is 1. The summed E-state index contributed by atoms with van der Waals surface area (Å²) in [4.78, 5) is 8.84. The van der Waals surface area contributed by atoms with E-state index in [0.717, 1.165) is 33.8 Å². The number of hydrogen-bond donors (Lipinski definition) is 1. The van der Waals surface area contributed by atoms with E-state index >= 15 is 0 Å². The van der Waals surface area contributed by atoms with E-state index in [1.807, 2.05) is 66.7 Å². The fourth-order valence-corrected chi connectivity index (χ4v) is 2.98. The second-order valence-electron chi connectivity index (χ2n) is 6.35. The van der Waals surface area contributed by atoms with E-state index in [1.165, 1.54) is 0 Å². The molecule has 6 nitrogen and oxygen atoms in total. The van der Waals surface area contributed by atoms with Crippen LogP contribution in [0.25, 0.3) is 10.9 Å². The second-order valence-corrected chi connectivity index (χ2v) is 6.35. The van der Waals surface area contributed by atoms with E-state index in [9.17, 15) is 0 Å². The molecule has 1 heterocycles. The number of benzene rings is 3. The predicted octanol–water partition coefficient (Wildman–Crippen LogP) is 5.05. The standard InChI is InChI=1S/C23H21N3O3/c1-27-17-8-6-16(7-9-17)14-24-23-20-4-3-5-21(22(20)25-15-26-23)29-19-12-10-18(28-2)11-13-19/h3-13,15H,14H2,1-2H3,(H,24,25,26). The summed E-state index contributed by atoms with van der Waals surface area (Å²) in [5.74, 6) is 3.75. The lowest BCUT2D eigenvalue weighted by atomic mass is 10.2. The van der Waals surface area contributed by atoms with Gasteiger partial charge in [-0.15, -0.1) is 0 Å². The van der Waals surface area contributed by atoms with Crippen molar-refractivity contribution in [3.05, 3.63) is 78.6 Å². The summed E-state index contributed by atoms with van der Waals surface area (Å²) >= 11 is 0. The van der Waals surface area contributed by atoms with Gasteiger partial charge in [0.1, 0.15) is 34.9 Å². The molecule has 1 aromatic heterocycles. The van der Waals surface area contributed by atoms with Crippen LogP contribution in [0, 0.1) is 0 Å². The summed E-state index contributed by atoms with van der Waals surface area (Å²) in [6.45, 7) is 0.639. The second kappa shape index (κ2) is 8.48. The molecule has 0 fully saturated rings. The van der Waals surface area contributed by atoms with E-state index in [4.69, 9.17) is 14.2 Å². The molecular formula is C23H21N3O3. The number of nitrogens with zero attached hydrogens (tertiary/aromatic N) is 2. The van der Waals surface area contributed by atoms with Crippen LogP contribution in [0.2, 0.25) is 0 Å². The Morgan fingerprint density at radius 1 is 0.759 bits per heavy atom. The summed E-state index contributed by atoms with van der Waals surface area (Å²) in [5, 5.41) is 4.28. The smallest absolute Gasteiger partial charge is 0.153 e. The Hall–Kier alpha value is -3.80. The molecule has 0 spiro atoms. The third-order valence-electron chi connectivity index (χ3n) is 4.53. The molecule has 0 bridgehead atoms. The highest BCUT2D eigenvalue weighted by Gasteiger charge is 2.10. The minimum absolute atomic E-state index is 0.639. The Morgan fingerprint density at radius 2 is 1.41 bits per heavy atom. The fourth-order valence-electron chi connectivity index (χ4n) is 2.98. The van der Waals surface area contributed by atoms with Gasteiger partial charge < -0.3 is 19.5 Å². The van der Waals surface area contributed by atoms with Crippen molar-refractivity contribution in [3.8, 4) is 23.0 Å². The van der Waals surface area contributed by atoms with Crippen molar-refractivity contribution in [1.29, 1.82) is 0 Å². The summed E-state index contributed by atoms with van der Waals surface area (Å²) in [6.07, 6.45) is 1.54. The van der Waals surface area contributed by atoms with Crippen molar-refractivity contribution in [2.45, 2.75) is 6.54 Å². The summed E-state index contributed by atoms with van der Waals surface area (Å²) in [7, 11) is 3.30. The molecule has 0 radical (unpaired) electrons. The van der Waals surface area contributed by atoms with Crippen LogP contribution < -0.4 is 19.5 Å². The van der Waals surface area contributed by atoms with Crippen molar-refractivity contribution in [2.24, 2.45) is 0 Å². The minimum atomic E-state index is 0.639. The maximum absolute atomic E-state index is 6.05. The summed E-state index contributed by atoms with van der Waals surface area (Å²) in [5.41, 5.74) is 1.87. The van der Waals surface area contributed by atoms with Gasteiger partial charge in [0.2, 0.25) is 0 Å². The topological polar surface area (TPSA) is 65.5 Å². The van der Waals surface area contributed by atoms with Gasteiger partial charge in [-0.2, -0.15) is 0 Å². The van der Waals surface area contributed by atoms with Crippen molar-refractivity contribution >= 4 is 16.7 Å². The van der Waals surface area contributed by atoms with Gasteiger partial charge in [0.05, 0.1) is 14.2 Å². The Labute approximate surface area is 169 Å². The number of anilines is 1. The van der Waals surface area contributed by atoms with E-state index < -0.39 is 0 Å². The molecule has 0 saturated heterocycles. The highest BCUT2D eigenvalue weighted by atomic mass is 16.5. The number of nitrogens with one attached hydrogen (secondary N) is 1. The molecule has 0 aliphatic carbocycles. The molecular weight excluding hydrogens is 366 g/mol. The van der Waals surface area contributed by atoms with Crippen LogP contribution in [-0.4, -0.2) is 24.2 Å². The lowest BCUT2D eigenvalue weighted by Gasteiger charge is -2.12. The third-order valence-corrected chi connectivity index (χ3v) is 4.53. The van der Waals surface area contributed by atoms with Crippen LogP contribution >= 0.6 is 0 Å². The molecule has 0 aliphatic heterocycles.